The number of carboxylic acids is 1. The van der Waals surface area contributed by atoms with E-state index in [1.165, 1.54) is 0 Å². The van der Waals surface area contributed by atoms with E-state index in [9.17, 15) is 19.5 Å². The number of hydrogen-bond donors (Lipinski definition) is 3. The number of nitrogens with one attached hydrogen (secondary N) is 2. The van der Waals surface area contributed by atoms with Crippen molar-refractivity contribution >= 4 is 35.4 Å². The molecule has 0 saturated heterocycles. The van der Waals surface area contributed by atoms with Crippen molar-refractivity contribution in [2.75, 3.05) is 17.7 Å². The predicted octanol–water partition coefficient (Wildman–Crippen LogP) is 5.12. The lowest BCUT2D eigenvalue weighted by Crippen LogP contribution is -2.45. The summed E-state index contributed by atoms with van der Waals surface area (Å²) in [5, 5.41) is 14.4. The molecule has 3 aromatic carbocycles. The van der Waals surface area contributed by atoms with Crippen molar-refractivity contribution in [3.8, 4) is 11.1 Å². The normalized spacial score (nSPS) is 12.8. The van der Waals surface area contributed by atoms with Gasteiger partial charge in [0.1, 0.15) is 12.6 Å². The summed E-state index contributed by atoms with van der Waals surface area (Å²) in [6.07, 6.45) is -1.41. The third-order valence-corrected chi connectivity index (χ3v) is 6.62. The van der Waals surface area contributed by atoms with Gasteiger partial charge in [0.15, 0.2) is 0 Å². The molecule has 35 heavy (non-hydrogen) atoms. The number of aliphatic carboxylic acids is 1. The maximum Gasteiger partial charge on any atom is 0.407 e. The van der Waals surface area contributed by atoms with Crippen LogP contribution in [-0.2, 0) is 14.3 Å². The van der Waals surface area contributed by atoms with Crippen LogP contribution in [0, 0.1) is 0 Å². The molecule has 4 rings (SSSR count). The van der Waals surface area contributed by atoms with Crippen molar-refractivity contribution in [1.29, 1.82) is 0 Å². The second-order valence-electron chi connectivity index (χ2n) is 8.07. The molecule has 0 aliphatic heterocycles. The molecule has 0 aromatic heterocycles. The molecule has 3 aromatic rings. The molecule has 0 heterocycles. The highest BCUT2D eigenvalue weighted by Gasteiger charge is 2.30. The number of hydrogen-bond acceptors (Lipinski definition) is 5. The van der Waals surface area contributed by atoms with Crippen molar-refractivity contribution in [2.24, 2.45) is 0 Å². The molecule has 2 amide bonds. The van der Waals surface area contributed by atoms with Crippen molar-refractivity contribution in [3.05, 3.63) is 83.9 Å². The van der Waals surface area contributed by atoms with Gasteiger partial charge < -0.3 is 20.5 Å². The lowest BCUT2D eigenvalue weighted by Gasteiger charge is -2.19. The second-order valence-corrected chi connectivity index (χ2v) is 9.41. The molecular formula is C27H26N2O5S. The van der Waals surface area contributed by atoms with Gasteiger partial charge in [-0.3, -0.25) is 9.59 Å². The van der Waals surface area contributed by atoms with Crippen molar-refractivity contribution in [2.45, 2.75) is 30.2 Å². The Hall–Kier alpha value is -3.78. The summed E-state index contributed by atoms with van der Waals surface area (Å²) in [4.78, 5) is 37.7. The van der Waals surface area contributed by atoms with Gasteiger partial charge in [-0.2, -0.15) is 0 Å². The Morgan fingerprint density at radius 3 is 2.26 bits per heavy atom. The van der Waals surface area contributed by atoms with Crippen LogP contribution in [0.25, 0.3) is 11.1 Å². The zero-order valence-electron chi connectivity index (χ0n) is 19.2. The maximum absolute atomic E-state index is 12.8. The van der Waals surface area contributed by atoms with Gasteiger partial charge in [0.05, 0.1) is 6.42 Å². The topological polar surface area (TPSA) is 105 Å². The lowest BCUT2D eigenvalue weighted by molar-refractivity contribution is -0.139. The maximum atomic E-state index is 12.8. The van der Waals surface area contributed by atoms with Crippen LogP contribution < -0.4 is 10.6 Å². The van der Waals surface area contributed by atoms with Crippen LogP contribution in [0.15, 0.2) is 77.7 Å². The molecule has 0 radical (unpaired) electrons. The zero-order chi connectivity index (χ0) is 24.8. The summed E-state index contributed by atoms with van der Waals surface area (Å²) >= 11 is 1.62. The Kier molecular flexibility index (Phi) is 7.72. The number of alkyl carbamates (subject to hydrolysis) is 1. The van der Waals surface area contributed by atoms with Crippen molar-refractivity contribution < 1.29 is 24.2 Å². The molecule has 3 N–H and O–H groups in total. The smallest absolute Gasteiger partial charge is 0.407 e. The summed E-state index contributed by atoms with van der Waals surface area (Å²) in [5.41, 5.74) is 4.85. The van der Waals surface area contributed by atoms with Crippen molar-refractivity contribution in [3.63, 3.8) is 0 Å². The minimum atomic E-state index is -1.29. The van der Waals surface area contributed by atoms with E-state index in [4.69, 9.17) is 4.74 Å². The molecule has 0 saturated carbocycles. The predicted molar refractivity (Wildman–Crippen MR) is 136 cm³/mol. The first-order valence-corrected chi connectivity index (χ1v) is 12.3. The fourth-order valence-corrected chi connectivity index (χ4v) is 4.94. The summed E-state index contributed by atoms with van der Waals surface area (Å²) in [7, 11) is 0. The molecule has 0 spiro atoms. The molecular weight excluding hydrogens is 464 g/mol. The number of ether oxygens (including phenoxy) is 1. The van der Waals surface area contributed by atoms with Crippen molar-refractivity contribution in [1.82, 2.24) is 5.32 Å². The van der Waals surface area contributed by atoms with Crippen LogP contribution in [0.1, 0.15) is 30.4 Å². The van der Waals surface area contributed by atoms with Gasteiger partial charge >= 0.3 is 12.1 Å². The zero-order valence-corrected chi connectivity index (χ0v) is 20.0. The standard InChI is InChI=1S/C27H26N2O5S/c1-2-35-18-9-7-8-17(14-18)28-26(32)24(15-25(30)31)29-27(33)34-16-23-21-12-5-3-10-19(21)20-11-4-6-13-22(20)23/h3-14,23-24H,2,15-16H2,1H3,(H,28,32)(H,29,33)(H,30,31). The molecule has 1 atom stereocenters. The van der Waals surface area contributed by atoms with E-state index < -0.39 is 30.4 Å². The van der Waals surface area contributed by atoms with Crippen LogP contribution >= 0.6 is 11.8 Å². The van der Waals surface area contributed by atoms with Crippen LogP contribution in [0.4, 0.5) is 10.5 Å². The first-order valence-electron chi connectivity index (χ1n) is 11.3. The van der Waals surface area contributed by atoms with Crippen LogP contribution in [0.5, 0.6) is 0 Å². The van der Waals surface area contributed by atoms with Gasteiger partial charge in [0.25, 0.3) is 0 Å². The van der Waals surface area contributed by atoms with Gasteiger partial charge in [-0.15, -0.1) is 11.8 Å². The fourth-order valence-electron chi connectivity index (χ4n) is 4.23. The summed E-state index contributed by atoms with van der Waals surface area (Å²) in [5.74, 6) is -1.10. The van der Waals surface area contributed by atoms with Gasteiger partial charge in [-0.1, -0.05) is 61.5 Å². The summed E-state index contributed by atoms with van der Waals surface area (Å²) in [6, 6.07) is 21.9. The van der Waals surface area contributed by atoms with Gasteiger partial charge in [-0.05, 0) is 46.2 Å². The van der Waals surface area contributed by atoms with E-state index in [0.717, 1.165) is 32.9 Å². The van der Waals surface area contributed by atoms with Crippen LogP contribution in [0.3, 0.4) is 0 Å². The Labute approximate surface area is 207 Å². The van der Waals surface area contributed by atoms with E-state index in [2.05, 4.69) is 10.6 Å². The quantitative estimate of drug-likeness (QED) is 0.360. The Balaban J connectivity index is 1.41. The number of carboxylic acid groups (broad SMARTS) is 1. The van der Waals surface area contributed by atoms with E-state index in [-0.39, 0.29) is 12.5 Å². The Morgan fingerprint density at radius 1 is 0.971 bits per heavy atom. The number of anilines is 1. The van der Waals surface area contributed by atoms with Gasteiger partial charge in [0.2, 0.25) is 5.91 Å². The number of carbonyl (C=O) groups is 3. The second kappa shape index (κ2) is 11.1. The van der Waals surface area contributed by atoms with Gasteiger partial charge in [0, 0.05) is 16.5 Å². The molecule has 0 fully saturated rings. The third-order valence-electron chi connectivity index (χ3n) is 5.74. The largest absolute Gasteiger partial charge is 0.481 e. The van der Waals surface area contributed by atoms with E-state index in [0.29, 0.717) is 5.69 Å². The lowest BCUT2D eigenvalue weighted by atomic mass is 9.98. The first kappa shape index (κ1) is 24.3. The Morgan fingerprint density at radius 2 is 1.63 bits per heavy atom. The molecule has 1 aliphatic carbocycles. The highest BCUT2D eigenvalue weighted by atomic mass is 32.2. The van der Waals surface area contributed by atoms with E-state index in [1.807, 2.05) is 61.5 Å². The molecule has 7 nitrogen and oxygen atoms in total. The number of rotatable bonds is 9. The van der Waals surface area contributed by atoms with Crippen LogP contribution in [0.2, 0.25) is 0 Å². The highest BCUT2D eigenvalue weighted by Crippen LogP contribution is 2.44. The number of fused-ring (bicyclic) bond motifs is 3. The SMILES string of the molecule is CCSc1cccc(NC(=O)C(CC(=O)O)NC(=O)OCC2c3ccccc3-c3ccccc32)c1. The summed E-state index contributed by atoms with van der Waals surface area (Å²) in [6.45, 7) is 2.09. The summed E-state index contributed by atoms with van der Waals surface area (Å²) < 4.78 is 5.48. The number of carbonyl (C=O) groups excluding carboxylic acids is 2. The molecule has 1 unspecified atom stereocenters. The number of benzene rings is 3. The minimum absolute atomic E-state index is 0.0670. The average molecular weight is 491 g/mol. The number of thioether (sulfide) groups is 1. The fraction of sp³-hybridized carbons (Fsp3) is 0.222. The number of amides is 2. The molecule has 1 aliphatic rings. The average Bonchev–Trinajstić information content (AvgIpc) is 3.16. The Bertz CT molecular complexity index is 1200. The first-order chi connectivity index (χ1) is 17.0. The molecule has 180 valence electrons. The van der Waals surface area contributed by atoms with Gasteiger partial charge in [-0.25, -0.2) is 4.79 Å². The van der Waals surface area contributed by atoms with E-state index >= 15 is 0 Å². The van der Waals surface area contributed by atoms with E-state index in [1.54, 1.807) is 30.0 Å². The van der Waals surface area contributed by atoms with Crippen LogP contribution in [-0.4, -0.2) is 41.5 Å². The minimum Gasteiger partial charge on any atom is -0.481 e. The molecule has 8 heteroatoms. The highest BCUT2D eigenvalue weighted by molar-refractivity contribution is 7.99. The molecule has 0 bridgehead atoms. The third kappa shape index (κ3) is 5.84. The monoisotopic (exact) mass is 490 g/mol.